The number of rotatable bonds is 4. The highest BCUT2D eigenvalue weighted by Crippen LogP contribution is 2.09. The molecule has 0 aliphatic rings. The molecule has 0 heterocycles. The van der Waals surface area contributed by atoms with Crippen LogP contribution in [0.15, 0.2) is 35.9 Å². The van der Waals surface area contributed by atoms with Crippen LogP contribution in [0.3, 0.4) is 0 Å². The van der Waals surface area contributed by atoms with Crippen molar-refractivity contribution < 1.29 is 14.3 Å². The molecule has 0 radical (unpaired) electrons. The molecule has 0 aliphatic carbocycles. The Labute approximate surface area is 94.7 Å². The van der Waals surface area contributed by atoms with Gasteiger partial charge in [-0.2, -0.15) is 0 Å². The lowest BCUT2D eigenvalue weighted by atomic mass is 10.1. The van der Waals surface area contributed by atoms with Crippen LogP contribution in [0.1, 0.15) is 19.4 Å². The van der Waals surface area contributed by atoms with Gasteiger partial charge in [-0.15, -0.1) is 0 Å². The smallest absolute Gasteiger partial charge is 0.341 e. The number of hydrogen-bond donors (Lipinski definition) is 0. The van der Waals surface area contributed by atoms with Gasteiger partial charge in [-0.05, 0) is 25.5 Å². The van der Waals surface area contributed by atoms with Crippen LogP contribution >= 0.6 is 0 Å². The van der Waals surface area contributed by atoms with Gasteiger partial charge in [0.05, 0.1) is 6.61 Å². The van der Waals surface area contributed by atoms with Gasteiger partial charge in [-0.3, -0.25) is 4.79 Å². The maximum absolute atomic E-state index is 11.5. The molecular formula is C13H14O3. The van der Waals surface area contributed by atoms with Crippen LogP contribution in [0.2, 0.25) is 0 Å². The molecule has 0 fully saturated rings. The Kier molecular flexibility index (Phi) is 4.45. The van der Waals surface area contributed by atoms with Crippen LogP contribution < -0.4 is 0 Å². The van der Waals surface area contributed by atoms with Crippen molar-refractivity contribution in [3.63, 3.8) is 0 Å². The van der Waals surface area contributed by atoms with E-state index < -0.39 is 5.97 Å². The van der Waals surface area contributed by atoms with Crippen molar-refractivity contribution in [3.05, 3.63) is 41.5 Å². The van der Waals surface area contributed by atoms with Gasteiger partial charge < -0.3 is 4.74 Å². The summed E-state index contributed by atoms with van der Waals surface area (Å²) in [4.78, 5) is 22.8. The fourth-order valence-electron chi connectivity index (χ4n) is 1.23. The second kappa shape index (κ2) is 5.85. The fourth-order valence-corrected chi connectivity index (χ4v) is 1.23. The number of esters is 1. The second-order valence-corrected chi connectivity index (χ2v) is 3.25. The molecule has 0 spiro atoms. The standard InChI is InChI=1S/C13H14O3/c1-3-16-13(15)12(10(2)14)9-11-7-5-4-6-8-11/h4-9H,3H2,1-2H3. The molecule has 1 aromatic carbocycles. The summed E-state index contributed by atoms with van der Waals surface area (Å²) in [5.74, 6) is -0.860. The predicted molar refractivity (Wildman–Crippen MR) is 61.7 cm³/mol. The minimum atomic E-state index is -0.571. The molecule has 0 aromatic heterocycles. The van der Waals surface area contributed by atoms with Crippen molar-refractivity contribution >= 4 is 17.8 Å². The van der Waals surface area contributed by atoms with E-state index in [4.69, 9.17) is 4.74 Å². The zero-order valence-corrected chi connectivity index (χ0v) is 9.40. The molecule has 0 saturated carbocycles. The van der Waals surface area contributed by atoms with E-state index in [0.717, 1.165) is 5.56 Å². The molecule has 0 unspecified atom stereocenters. The van der Waals surface area contributed by atoms with Gasteiger partial charge in [0.2, 0.25) is 0 Å². The number of carbonyl (C=O) groups excluding carboxylic acids is 2. The van der Waals surface area contributed by atoms with Crippen LogP contribution in [0.5, 0.6) is 0 Å². The van der Waals surface area contributed by atoms with Crippen molar-refractivity contribution in [2.45, 2.75) is 13.8 Å². The number of benzene rings is 1. The molecule has 84 valence electrons. The molecule has 0 amide bonds. The summed E-state index contributed by atoms with van der Waals surface area (Å²) in [7, 11) is 0. The molecule has 1 rings (SSSR count). The molecule has 0 saturated heterocycles. The van der Waals surface area contributed by atoms with Gasteiger partial charge in [-0.1, -0.05) is 30.3 Å². The number of ether oxygens (including phenoxy) is 1. The quantitative estimate of drug-likeness (QED) is 0.337. The van der Waals surface area contributed by atoms with E-state index in [1.165, 1.54) is 6.92 Å². The number of hydrogen-bond acceptors (Lipinski definition) is 3. The van der Waals surface area contributed by atoms with Crippen molar-refractivity contribution in [1.29, 1.82) is 0 Å². The molecule has 16 heavy (non-hydrogen) atoms. The Bertz CT molecular complexity index is 404. The summed E-state index contributed by atoms with van der Waals surface area (Å²) >= 11 is 0. The Morgan fingerprint density at radius 1 is 1.25 bits per heavy atom. The van der Waals surface area contributed by atoms with E-state index >= 15 is 0 Å². The maximum atomic E-state index is 11.5. The van der Waals surface area contributed by atoms with Crippen LogP contribution in [0.4, 0.5) is 0 Å². The molecule has 3 nitrogen and oxygen atoms in total. The third-order valence-corrected chi connectivity index (χ3v) is 1.99. The van der Waals surface area contributed by atoms with Gasteiger partial charge in [0.15, 0.2) is 5.78 Å². The summed E-state index contributed by atoms with van der Waals surface area (Å²) in [5.41, 5.74) is 0.883. The normalized spacial score (nSPS) is 11.0. The number of ketones is 1. The van der Waals surface area contributed by atoms with E-state index in [2.05, 4.69) is 0 Å². The van der Waals surface area contributed by atoms with E-state index in [1.54, 1.807) is 13.0 Å². The maximum Gasteiger partial charge on any atom is 0.341 e. The number of carbonyl (C=O) groups is 2. The average molecular weight is 218 g/mol. The van der Waals surface area contributed by atoms with Crippen molar-refractivity contribution in [2.75, 3.05) is 6.61 Å². The summed E-state index contributed by atoms with van der Waals surface area (Å²) in [6, 6.07) is 9.20. The van der Waals surface area contributed by atoms with Crippen molar-refractivity contribution in [2.24, 2.45) is 0 Å². The molecule has 3 heteroatoms. The highest BCUT2D eigenvalue weighted by Gasteiger charge is 2.15. The Hall–Kier alpha value is -1.90. The highest BCUT2D eigenvalue weighted by atomic mass is 16.5. The first-order valence-electron chi connectivity index (χ1n) is 5.10. The van der Waals surface area contributed by atoms with E-state index in [0.29, 0.717) is 0 Å². The Balaban J connectivity index is 2.99. The first-order chi connectivity index (χ1) is 7.65. The van der Waals surface area contributed by atoms with Crippen LogP contribution in [-0.4, -0.2) is 18.4 Å². The van der Waals surface area contributed by atoms with Gasteiger partial charge >= 0.3 is 5.97 Å². The average Bonchev–Trinajstić information content (AvgIpc) is 2.27. The zero-order valence-electron chi connectivity index (χ0n) is 9.40. The van der Waals surface area contributed by atoms with Crippen molar-refractivity contribution in [1.82, 2.24) is 0 Å². The molecule has 1 aromatic rings. The lowest BCUT2D eigenvalue weighted by Gasteiger charge is -2.03. The molecule has 0 atom stereocenters. The minimum Gasteiger partial charge on any atom is -0.462 e. The first kappa shape index (κ1) is 12.2. The SMILES string of the molecule is CCOC(=O)C(=Cc1ccccc1)C(C)=O. The molecular weight excluding hydrogens is 204 g/mol. The van der Waals surface area contributed by atoms with Crippen LogP contribution in [0, 0.1) is 0 Å². The first-order valence-corrected chi connectivity index (χ1v) is 5.10. The number of Topliss-reactive ketones (excluding diaryl/α,β-unsaturated/α-hetero) is 1. The van der Waals surface area contributed by atoms with E-state index in [-0.39, 0.29) is 18.0 Å². The third-order valence-electron chi connectivity index (χ3n) is 1.99. The topological polar surface area (TPSA) is 43.4 Å². The molecule has 0 aliphatic heterocycles. The summed E-state index contributed by atoms with van der Waals surface area (Å²) in [5, 5.41) is 0. The fraction of sp³-hybridized carbons (Fsp3) is 0.231. The second-order valence-electron chi connectivity index (χ2n) is 3.25. The van der Waals surface area contributed by atoms with Crippen LogP contribution in [0.25, 0.3) is 6.08 Å². The lowest BCUT2D eigenvalue weighted by molar-refractivity contribution is -0.139. The summed E-state index contributed by atoms with van der Waals surface area (Å²) in [6.07, 6.45) is 1.54. The summed E-state index contributed by atoms with van der Waals surface area (Å²) < 4.78 is 4.81. The summed E-state index contributed by atoms with van der Waals surface area (Å²) in [6.45, 7) is 3.32. The Morgan fingerprint density at radius 3 is 2.38 bits per heavy atom. The Morgan fingerprint density at radius 2 is 1.88 bits per heavy atom. The van der Waals surface area contributed by atoms with E-state index in [1.807, 2.05) is 30.3 Å². The molecule has 0 N–H and O–H groups in total. The van der Waals surface area contributed by atoms with Crippen LogP contribution in [-0.2, 0) is 14.3 Å². The van der Waals surface area contributed by atoms with Crippen molar-refractivity contribution in [3.8, 4) is 0 Å². The zero-order chi connectivity index (χ0) is 12.0. The molecule has 0 bridgehead atoms. The minimum absolute atomic E-state index is 0.0769. The highest BCUT2D eigenvalue weighted by molar-refractivity contribution is 6.19. The third kappa shape index (κ3) is 3.35. The largest absolute Gasteiger partial charge is 0.462 e. The van der Waals surface area contributed by atoms with Gasteiger partial charge in [0.1, 0.15) is 5.57 Å². The van der Waals surface area contributed by atoms with E-state index in [9.17, 15) is 9.59 Å². The monoisotopic (exact) mass is 218 g/mol. The lowest BCUT2D eigenvalue weighted by Crippen LogP contribution is -2.13. The van der Waals surface area contributed by atoms with Gasteiger partial charge in [0.25, 0.3) is 0 Å². The van der Waals surface area contributed by atoms with Gasteiger partial charge in [-0.25, -0.2) is 4.79 Å². The predicted octanol–water partition coefficient (Wildman–Crippen LogP) is 2.22. The van der Waals surface area contributed by atoms with Gasteiger partial charge in [0, 0.05) is 0 Å².